The van der Waals surface area contributed by atoms with Crippen molar-refractivity contribution in [1.82, 2.24) is 0 Å². The fourth-order valence-electron chi connectivity index (χ4n) is 3.37. The summed E-state index contributed by atoms with van der Waals surface area (Å²) in [7, 11) is 0. The van der Waals surface area contributed by atoms with E-state index in [0.29, 0.717) is 17.7 Å². The number of amides is 1. The Hall–Kier alpha value is -3.89. The molecule has 7 nitrogen and oxygen atoms in total. The maximum absolute atomic E-state index is 13.2. The van der Waals surface area contributed by atoms with E-state index in [2.05, 4.69) is 6.07 Å². The highest BCUT2D eigenvalue weighted by Gasteiger charge is 2.29. The van der Waals surface area contributed by atoms with Crippen LogP contribution >= 0.6 is 11.6 Å². The summed E-state index contributed by atoms with van der Waals surface area (Å²) in [5.41, 5.74) is 1.53. The van der Waals surface area contributed by atoms with Gasteiger partial charge >= 0.3 is 0 Å². The van der Waals surface area contributed by atoms with Gasteiger partial charge in [0.05, 0.1) is 16.7 Å². The number of nitro benzene ring substituents is 1. The summed E-state index contributed by atoms with van der Waals surface area (Å²) in [6, 6.07) is 23.4. The van der Waals surface area contributed by atoms with Gasteiger partial charge in [-0.1, -0.05) is 54.6 Å². The van der Waals surface area contributed by atoms with Crippen LogP contribution in [0.2, 0.25) is 0 Å². The first-order chi connectivity index (χ1) is 16.0. The molecule has 0 saturated heterocycles. The number of rotatable bonds is 10. The molecule has 1 amide bonds. The van der Waals surface area contributed by atoms with Gasteiger partial charge in [0.1, 0.15) is 12.4 Å². The highest BCUT2D eigenvalue weighted by atomic mass is 35.5. The zero-order valence-corrected chi connectivity index (χ0v) is 18.5. The van der Waals surface area contributed by atoms with E-state index in [1.54, 1.807) is 30.3 Å². The van der Waals surface area contributed by atoms with E-state index in [1.165, 1.54) is 23.1 Å². The lowest BCUT2D eigenvalue weighted by Crippen LogP contribution is -2.34. The van der Waals surface area contributed by atoms with Crippen molar-refractivity contribution in [2.75, 3.05) is 10.8 Å². The molecule has 0 saturated carbocycles. The van der Waals surface area contributed by atoms with Crippen LogP contribution in [0.3, 0.4) is 0 Å². The average molecular weight is 464 g/mol. The number of halogens is 1. The Morgan fingerprint density at radius 2 is 1.82 bits per heavy atom. The number of nitro groups is 1. The predicted octanol–water partition coefficient (Wildman–Crippen LogP) is 5.79. The number of alkyl halides is 1. The Morgan fingerprint density at radius 3 is 2.52 bits per heavy atom. The minimum absolute atomic E-state index is 0.0947. The van der Waals surface area contributed by atoms with Crippen LogP contribution in [0.15, 0.2) is 78.9 Å². The minimum atomic E-state index is -1.05. The number of benzene rings is 3. The first-order valence-corrected chi connectivity index (χ1v) is 10.9. The normalized spacial score (nSPS) is 11.3. The number of nitriles is 1. The summed E-state index contributed by atoms with van der Waals surface area (Å²) in [6.07, 6.45) is 0.507. The number of ether oxygens (including phenoxy) is 1. The Balaban J connectivity index is 2.00. The summed E-state index contributed by atoms with van der Waals surface area (Å²) >= 11 is 5.77. The second kappa shape index (κ2) is 11.7. The average Bonchev–Trinajstić information content (AvgIpc) is 2.85. The fourth-order valence-corrected chi connectivity index (χ4v) is 3.51. The highest BCUT2D eigenvalue weighted by Crippen LogP contribution is 2.35. The second-order valence-corrected chi connectivity index (χ2v) is 7.55. The molecule has 1 unspecified atom stereocenters. The zero-order valence-electron chi connectivity index (χ0n) is 17.8. The van der Waals surface area contributed by atoms with E-state index in [1.807, 2.05) is 30.3 Å². The standard InChI is InChI=1S/C25H22ClN3O4/c26-15-7-14-25(30)28(20-10-6-11-21(16-20)29(31)32)23(17-27)22-12-4-5-13-24(22)33-18-19-8-2-1-3-9-19/h1-6,8-13,16,23H,7,14-15,18H2. The van der Waals surface area contributed by atoms with Crippen molar-refractivity contribution in [3.63, 3.8) is 0 Å². The van der Waals surface area contributed by atoms with Crippen LogP contribution in [0.1, 0.15) is 30.0 Å². The molecule has 168 valence electrons. The van der Waals surface area contributed by atoms with E-state index >= 15 is 0 Å². The van der Waals surface area contributed by atoms with Gasteiger partial charge in [0.25, 0.3) is 5.69 Å². The minimum Gasteiger partial charge on any atom is -0.489 e. The van der Waals surface area contributed by atoms with Crippen LogP contribution in [0.5, 0.6) is 5.75 Å². The molecule has 0 fully saturated rings. The molecule has 0 aromatic heterocycles. The third-order valence-electron chi connectivity index (χ3n) is 4.94. The molecule has 0 bridgehead atoms. The van der Waals surface area contributed by atoms with Gasteiger partial charge in [-0.3, -0.25) is 19.8 Å². The van der Waals surface area contributed by atoms with Gasteiger partial charge in [0.2, 0.25) is 5.91 Å². The number of non-ortho nitro benzene ring substituents is 1. The summed E-state index contributed by atoms with van der Waals surface area (Å²) in [5.74, 6) is 0.372. The largest absolute Gasteiger partial charge is 0.489 e. The maximum atomic E-state index is 13.2. The molecular formula is C25H22ClN3O4. The van der Waals surface area contributed by atoms with Gasteiger partial charge in [0, 0.05) is 30.0 Å². The van der Waals surface area contributed by atoms with Gasteiger partial charge in [-0.15, -0.1) is 11.6 Å². The monoisotopic (exact) mass is 463 g/mol. The van der Waals surface area contributed by atoms with Crippen molar-refractivity contribution in [2.24, 2.45) is 0 Å². The van der Waals surface area contributed by atoms with Crippen LogP contribution in [0.4, 0.5) is 11.4 Å². The summed E-state index contributed by atoms with van der Waals surface area (Å²) in [4.78, 5) is 25.2. The van der Waals surface area contributed by atoms with Crippen LogP contribution in [-0.2, 0) is 11.4 Å². The first kappa shape index (κ1) is 23.8. The molecule has 0 spiro atoms. The number of nitrogens with zero attached hydrogens (tertiary/aromatic N) is 3. The fraction of sp³-hybridized carbons (Fsp3) is 0.200. The lowest BCUT2D eigenvalue weighted by atomic mass is 10.0. The Morgan fingerprint density at radius 1 is 1.09 bits per heavy atom. The van der Waals surface area contributed by atoms with Crippen LogP contribution in [0.25, 0.3) is 0 Å². The highest BCUT2D eigenvalue weighted by molar-refractivity contribution is 6.18. The number of hydrogen-bond donors (Lipinski definition) is 0. The molecule has 3 aromatic carbocycles. The molecule has 3 aromatic rings. The van der Waals surface area contributed by atoms with E-state index in [4.69, 9.17) is 16.3 Å². The molecule has 0 aliphatic heterocycles. The third kappa shape index (κ3) is 6.09. The molecule has 0 aliphatic rings. The van der Waals surface area contributed by atoms with E-state index < -0.39 is 11.0 Å². The number of carbonyl (C=O) groups excluding carboxylic acids is 1. The van der Waals surface area contributed by atoms with E-state index in [0.717, 1.165) is 5.56 Å². The van der Waals surface area contributed by atoms with Crippen molar-refractivity contribution < 1.29 is 14.5 Å². The third-order valence-corrected chi connectivity index (χ3v) is 5.21. The SMILES string of the molecule is N#CC(c1ccccc1OCc1ccccc1)N(C(=O)CCCCl)c1cccc([N+](=O)[O-])c1. The van der Waals surface area contributed by atoms with Gasteiger partial charge in [-0.25, -0.2) is 0 Å². The Kier molecular flexibility index (Phi) is 8.39. The molecule has 0 N–H and O–H groups in total. The molecular weight excluding hydrogens is 442 g/mol. The molecule has 0 radical (unpaired) electrons. The van der Waals surface area contributed by atoms with Gasteiger partial charge in [-0.05, 0) is 24.1 Å². The molecule has 33 heavy (non-hydrogen) atoms. The van der Waals surface area contributed by atoms with E-state index in [-0.39, 0.29) is 36.2 Å². The molecule has 1 atom stereocenters. The zero-order chi connectivity index (χ0) is 23.6. The summed E-state index contributed by atoms with van der Waals surface area (Å²) in [6.45, 7) is 0.285. The lowest BCUT2D eigenvalue weighted by Gasteiger charge is -2.29. The van der Waals surface area contributed by atoms with Gasteiger partial charge in [0.15, 0.2) is 6.04 Å². The summed E-state index contributed by atoms with van der Waals surface area (Å²) < 4.78 is 6.00. The Bertz CT molecular complexity index is 1150. The van der Waals surface area contributed by atoms with Crippen molar-refractivity contribution in [1.29, 1.82) is 5.26 Å². The van der Waals surface area contributed by atoms with Crippen molar-refractivity contribution in [3.05, 3.63) is 100 Å². The van der Waals surface area contributed by atoms with Crippen LogP contribution in [-0.4, -0.2) is 16.7 Å². The number of para-hydroxylation sites is 1. The lowest BCUT2D eigenvalue weighted by molar-refractivity contribution is -0.384. The van der Waals surface area contributed by atoms with Crippen molar-refractivity contribution in [3.8, 4) is 11.8 Å². The number of carbonyl (C=O) groups is 1. The summed E-state index contributed by atoms with van der Waals surface area (Å²) in [5, 5.41) is 21.4. The van der Waals surface area contributed by atoms with Crippen LogP contribution < -0.4 is 9.64 Å². The molecule has 0 heterocycles. The maximum Gasteiger partial charge on any atom is 0.271 e. The molecule has 3 rings (SSSR count). The molecule has 0 aliphatic carbocycles. The van der Waals surface area contributed by atoms with Gasteiger partial charge < -0.3 is 4.74 Å². The Labute approximate surface area is 196 Å². The van der Waals surface area contributed by atoms with Gasteiger partial charge in [-0.2, -0.15) is 5.26 Å². The number of hydrogen-bond acceptors (Lipinski definition) is 5. The predicted molar refractivity (Wildman–Crippen MR) is 126 cm³/mol. The first-order valence-electron chi connectivity index (χ1n) is 10.3. The van der Waals surface area contributed by atoms with Crippen molar-refractivity contribution in [2.45, 2.75) is 25.5 Å². The molecule has 8 heteroatoms. The van der Waals surface area contributed by atoms with E-state index in [9.17, 15) is 20.2 Å². The smallest absolute Gasteiger partial charge is 0.271 e. The second-order valence-electron chi connectivity index (χ2n) is 7.18. The van der Waals surface area contributed by atoms with Crippen molar-refractivity contribution >= 4 is 28.9 Å². The quantitative estimate of drug-likeness (QED) is 0.215. The number of anilines is 1. The topological polar surface area (TPSA) is 96.5 Å². The van der Waals surface area contributed by atoms with Crippen LogP contribution in [0, 0.1) is 21.4 Å².